The number of carbonyl (C=O) groups excluding carboxylic acids is 1. The molecule has 0 spiro atoms. The van der Waals surface area contributed by atoms with E-state index < -0.39 is 0 Å². The van der Waals surface area contributed by atoms with E-state index in [9.17, 15) is 4.79 Å². The molecule has 1 aromatic rings. The zero-order chi connectivity index (χ0) is 13.8. The highest BCUT2D eigenvalue weighted by Crippen LogP contribution is 2.43. The molecule has 20 heavy (non-hydrogen) atoms. The summed E-state index contributed by atoms with van der Waals surface area (Å²) in [6.07, 6.45) is 9.00. The van der Waals surface area contributed by atoms with Gasteiger partial charge in [0.15, 0.2) is 0 Å². The van der Waals surface area contributed by atoms with Crippen LogP contribution in [-0.4, -0.2) is 12.3 Å². The standard InChI is InChI=1S/C18H24NO/c20-17-12-13-19-18(14-17,16-10-6-3-7-11-16)15-8-4-1-2-5-9-15/h3,6-7,10-11,15H,1-2,4-5,8-9,12-14H2. The van der Waals surface area contributed by atoms with E-state index in [1.54, 1.807) is 0 Å². The maximum absolute atomic E-state index is 12.1. The number of nitrogens with zero attached hydrogens (tertiary/aromatic N) is 1. The van der Waals surface area contributed by atoms with Crippen LogP contribution in [0.3, 0.4) is 0 Å². The second-order valence-corrected chi connectivity index (χ2v) is 6.33. The summed E-state index contributed by atoms with van der Waals surface area (Å²) in [6.45, 7) is 0.713. The van der Waals surface area contributed by atoms with Gasteiger partial charge in [-0.2, -0.15) is 0 Å². The molecule has 0 N–H and O–H groups in total. The number of carbonyl (C=O) groups is 1. The van der Waals surface area contributed by atoms with E-state index in [4.69, 9.17) is 5.32 Å². The van der Waals surface area contributed by atoms with E-state index in [2.05, 4.69) is 30.3 Å². The first-order chi connectivity index (χ1) is 9.81. The third-order valence-corrected chi connectivity index (χ3v) is 5.06. The quantitative estimate of drug-likeness (QED) is 0.752. The van der Waals surface area contributed by atoms with Crippen molar-refractivity contribution in [3.05, 3.63) is 35.9 Å². The van der Waals surface area contributed by atoms with E-state index in [1.807, 2.05) is 0 Å². The third kappa shape index (κ3) is 2.67. The summed E-state index contributed by atoms with van der Waals surface area (Å²) >= 11 is 0. The second-order valence-electron chi connectivity index (χ2n) is 6.33. The molecule has 1 radical (unpaired) electrons. The smallest absolute Gasteiger partial charge is 0.136 e. The van der Waals surface area contributed by atoms with Crippen molar-refractivity contribution < 1.29 is 4.79 Å². The van der Waals surface area contributed by atoms with Gasteiger partial charge in [-0.3, -0.25) is 4.79 Å². The van der Waals surface area contributed by atoms with Crippen LogP contribution in [-0.2, 0) is 10.3 Å². The topological polar surface area (TPSA) is 31.2 Å². The van der Waals surface area contributed by atoms with Crippen molar-refractivity contribution in [2.75, 3.05) is 6.54 Å². The molecule has 107 valence electrons. The van der Waals surface area contributed by atoms with Gasteiger partial charge in [-0.25, -0.2) is 5.32 Å². The van der Waals surface area contributed by atoms with Gasteiger partial charge >= 0.3 is 0 Å². The molecule has 0 amide bonds. The first kappa shape index (κ1) is 13.8. The molecule has 1 saturated carbocycles. The SMILES string of the molecule is O=C1CC[N]C(c2ccccc2)(C2CCCCCC2)C1. The minimum atomic E-state index is -0.221. The monoisotopic (exact) mass is 270 g/mol. The highest BCUT2D eigenvalue weighted by Gasteiger charge is 2.44. The molecule has 1 aliphatic carbocycles. The van der Waals surface area contributed by atoms with Gasteiger partial charge in [0.25, 0.3) is 0 Å². The van der Waals surface area contributed by atoms with E-state index in [0.717, 1.165) is 0 Å². The number of benzene rings is 1. The molecule has 1 heterocycles. The zero-order valence-electron chi connectivity index (χ0n) is 12.2. The van der Waals surface area contributed by atoms with E-state index in [1.165, 1.54) is 44.1 Å². The number of hydrogen-bond donors (Lipinski definition) is 0. The van der Waals surface area contributed by atoms with Crippen LogP contribution in [0.4, 0.5) is 0 Å². The van der Waals surface area contributed by atoms with E-state index in [-0.39, 0.29) is 5.54 Å². The van der Waals surface area contributed by atoms with Crippen LogP contribution in [0.2, 0.25) is 0 Å². The predicted octanol–water partition coefficient (Wildman–Crippen LogP) is 3.82. The van der Waals surface area contributed by atoms with Gasteiger partial charge in [-0.1, -0.05) is 56.0 Å². The van der Waals surface area contributed by atoms with Gasteiger partial charge in [0.1, 0.15) is 5.78 Å². The van der Waals surface area contributed by atoms with Gasteiger partial charge in [0.2, 0.25) is 0 Å². The second kappa shape index (κ2) is 6.09. The lowest BCUT2D eigenvalue weighted by Crippen LogP contribution is -2.49. The largest absolute Gasteiger partial charge is 0.300 e. The van der Waals surface area contributed by atoms with Crippen molar-refractivity contribution in [1.82, 2.24) is 5.32 Å². The molecule has 1 unspecified atom stereocenters. The van der Waals surface area contributed by atoms with Crippen LogP contribution in [0.25, 0.3) is 0 Å². The lowest BCUT2D eigenvalue weighted by molar-refractivity contribution is -0.123. The summed E-state index contributed by atoms with van der Waals surface area (Å²) in [5, 5.41) is 5.03. The lowest BCUT2D eigenvalue weighted by atomic mass is 9.69. The Morgan fingerprint density at radius 2 is 1.70 bits per heavy atom. The summed E-state index contributed by atoms with van der Waals surface area (Å²) in [6, 6.07) is 10.6. The first-order valence-corrected chi connectivity index (χ1v) is 8.07. The van der Waals surface area contributed by atoms with Crippen molar-refractivity contribution in [3.8, 4) is 0 Å². The Kier molecular flexibility index (Phi) is 4.21. The molecular formula is C18H24NO. The Balaban J connectivity index is 1.96. The van der Waals surface area contributed by atoms with Crippen LogP contribution >= 0.6 is 0 Å². The Bertz CT molecular complexity index is 448. The summed E-state index contributed by atoms with van der Waals surface area (Å²) in [4.78, 5) is 12.1. The summed E-state index contributed by atoms with van der Waals surface area (Å²) in [7, 11) is 0. The third-order valence-electron chi connectivity index (χ3n) is 5.06. The minimum Gasteiger partial charge on any atom is -0.300 e. The average Bonchev–Trinajstić information content (AvgIpc) is 2.77. The summed E-state index contributed by atoms with van der Waals surface area (Å²) in [5.74, 6) is 0.949. The Labute approximate surface area is 122 Å². The molecule has 1 aliphatic heterocycles. The van der Waals surface area contributed by atoms with Gasteiger partial charge in [-0.15, -0.1) is 0 Å². The van der Waals surface area contributed by atoms with Crippen LogP contribution in [0.15, 0.2) is 30.3 Å². The summed E-state index contributed by atoms with van der Waals surface area (Å²) < 4.78 is 0. The molecule has 2 fully saturated rings. The van der Waals surface area contributed by atoms with Crippen LogP contribution < -0.4 is 5.32 Å². The number of piperidine rings is 1. The van der Waals surface area contributed by atoms with Crippen molar-refractivity contribution >= 4 is 5.78 Å². The van der Waals surface area contributed by atoms with E-state index in [0.29, 0.717) is 31.1 Å². The van der Waals surface area contributed by atoms with Crippen LogP contribution in [0.1, 0.15) is 56.9 Å². The molecule has 3 rings (SSSR count). The number of Topliss-reactive ketones (excluding diaryl/α,β-unsaturated/α-hetero) is 1. The number of rotatable bonds is 2. The van der Waals surface area contributed by atoms with Crippen molar-refractivity contribution in [3.63, 3.8) is 0 Å². The molecule has 2 aliphatic rings. The zero-order valence-corrected chi connectivity index (χ0v) is 12.2. The first-order valence-electron chi connectivity index (χ1n) is 8.07. The van der Waals surface area contributed by atoms with E-state index >= 15 is 0 Å². The van der Waals surface area contributed by atoms with Crippen LogP contribution in [0, 0.1) is 5.92 Å². The maximum atomic E-state index is 12.1. The molecule has 1 atom stereocenters. The van der Waals surface area contributed by atoms with Gasteiger partial charge in [0, 0.05) is 19.4 Å². The van der Waals surface area contributed by atoms with Crippen molar-refractivity contribution in [2.24, 2.45) is 5.92 Å². The Hall–Kier alpha value is -1.15. The minimum absolute atomic E-state index is 0.221. The molecule has 1 saturated heterocycles. The molecule has 0 aromatic heterocycles. The van der Waals surface area contributed by atoms with Crippen molar-refractivity contribution in [1.29, 1.82) is 0 Å². The average molecular weight is 270 g/mol. The fourth-order valence-corrected chi connectivity index (χ4v) is 4.01. The number of hydrogen-bond acceptors (Lipinski definition) is 1. The van der Waals surface area contributed by atoms with Crippen molar-refractivity contribution in [2.45, 2.75) is 56.9 Å². The van der Waals surface area contributed by atoms with Gasteiger partial charge in [0.05, 0.1) is 5.54 Å². The maximum Gasteiger partial charge on any atom is 0.136 e. The lowest BCUT2D eigenvalue weighted by Gasteiger charge is -2.43. The highest BCUT2D eigenvalue weighted by molar-refractivity contribution is 5.81. The van der Waals surface area contributed by atoms with Crippen LogP contribution in [0.5, 0.6) is 0 Å². The number of ketones is 1. The molecule has 2 nitrogen and oxygen atoms in total. The Morgan fingerprint density at radius 1 is 1.00 bits per heavy atom. The van der Waals surface area contributed by atoms with Gasteiger partial charge < -0.3 is 0 Å². The molecule has 1 aromatic carbocycles. The highest BCUT2D eigenvalue weighted by atomic mass is 16.1. The fraction of sp³-hybridized carbons (Fsp3) is 0.611. The predicted molar refractivity (Wildman–Crippen MR) is 80.6 cm³/mol. The molecular weight excluding hydrogens is 246 g/mol. The van der Waals surface area contributed by atoms with Gasteiger partial charge in [-0.05, 0) is 24.3 Å². The molecule has 0 bridgehead atoms. The normalized spacial score (nSPS) is 29.1. The molecule has 2 heteroatoms. The Morgan fingerprint density at radius 3 is 2.35 bits per heavy atom. The summed E-state index contributed by atoms with van der Waals surface area (Å²) in [5.41, 5.74) is 1.04. The fourth-order valence-electron chi connectivity index (χ4n) is 4.01.